The van der Waals surface area contributed by atoms with Gasteiger partial charge in [0.15, 0.2) is 0 Å². The van der Waals surface area contributed by atoms with Crippen molar-refractivity contribution < 1.29 is 0 Å². The number of nitrogen functional groups attached to an aromatic ring is 1. The highest BCUT2D eigenvalue weighted by molar-refractivity contribution is 5.81. The molecule has 0 amide bonds. The van der Waals surface area contributed by atoms with Crippen LogP contribution in [0.3, 0.4) is 0 Å². The minimum absolute atomic E-state index is 0.0780. The van der Waals surface area contributed by atoms with Crippen molar-refractivity contribution in [1.29, 1.82) is 0 Å². The highest BCUT2D eigenvalue weighted by Gasteiger charge is 2.20. The standard InChI is InChI=1S/C14H20N4O/c1-8(14(2,3)4)16-13-17-11-6-5-9(15)7-10(11)12(19)18-13/h5-8H,15H2,1-4H3,(H2,16,17,18,19). The predicted molar refractivity (Wildman–Crippen MR) is 79.3 cm³/mol. The maximum atomic E-state index is 12.0. The van der Waals surface area contributed by atoms with Crippen LogP contribution >= 0.6 is 0 Å². The lowest BCUT2D eigenvalue weighted by atomic mass is 9.88. The van der Waals surface area contributed by atoms with Crippen molar-refractivity contribution in [2.45, 2.75) is 33.7 Å². The van der Waals surface area contributed by atoms with Crippen LogP contribution in [0.15, 0.2) is 23.0 Å². The second-order valence-electron chi connectivity index (χ2n) is 5.92. The Bertz CT molecular complexity index is 655. The number of aromatic amines is 1. The lowest BCUT2D eigenvalue weighted by Gasteiger charge is -2.28. The Kier molecular flexibility index (Phi) is 3.22. The fraction of sp³-hybridized carbons (Fsp3) is 0.429. The minimum atomic E-state index is -0.180. The first kappa shape index (κ1) is 13.4. The van der Waals surface area contributed by atoms with E-state index in [-0.39, 0.29) is 17.0 Å². The Morgan fingerprint density at radius 1 is 1.37 bits per heavy atom. The lowest BCUT2D eigenvalue weighted by Crippen LogP contribution is -2.32. The number of hydrogen-bond donors (Lipinski definition) is 3. The molecular weight excluding hydrogens is 240 g/mol. The highest BCUT2D eigenvalue weighted by Crippen LogP contribution is 2.21. The number of aromatic nitrogens is 2. The van der Waals surface area contributed by atoms with E-state index >= 15 is 0 Å². The van der Waals surface area contributed by atoms with Crippen LogP contribution in [0.1, 0.15) is 27.7 Å². The summed E-state index contributed by atoms with van der Waals surface area (Å²) in [5, 5.41) is 3.74. The molecule has 4 N–H and O–H groups in total. The maximum Gasteiger partial charge on any atom is 0.260 e. The molecule has 19 heavy (non-hydrogen) atoms. The highest BCUT2D eigenvalue weighted by atomic mass is 16.1. The van der Waals surface area contributed by atoms with Gasteiger partial charge in [0.05, 0.1) is 10.9 Å². The number of fused-ring (bicyclic) bond motifs is 1. The fourth-order valence-corrected chi connectivity index (χ4v) is 1.65. The first-order chi connectivity index (χ1) is 8.77. The summed E-state index contributed by atoms with van der Waals surface area (Å²) in [5.41, 5.74) is 6.77. The summed E-state index contributed by atoms with van der Waals surface area (Å²) in [6.07, 6.45) is 0. The quantitative estimate of drug-likeness (QED) is 0.724. The Hall–Kier alpha value is -2.04. The maximum absolute atomic E-state index is 12.0. The van der Waals surface area contributed by atoms with Crippen LogP contribution < -0.4 is 16.6 Å². The van der Waals surface area contributed by atoms with E-state index in [1.54, 1.807) is 18.2 Å². The molecule has 1 aromatic carbocycles. The second kappa shape index (κ2) is 4.57. The molecule has 1 heterocycles. The molecule has 0 aliphatic heterocycles. The molecule has 1 aromatic heterocycles. The van der Waals surface area contributed by atoms with E-state index < -0.39 is 0 Å². The number of nitrogens with two attached hydrogens (primary N) is 1. The Morgan fingerprint density at radius 3 is 2.68 bits per heavy atom. The summed E-state index contributed by atoms with van der Waals surface area (Å²) < 4.78 is 0. The summed E-state index contributed by atoms with van der Waals surface area (Å²) >= 11 is 0. The minimum Gasteiger partial charge on any atom is -0.399 e. The monoisotopic (exact) mass is 260 g/mol. The van der Waals surface area contributed by atoms with Crippen LogP contribution in [0, 0.1) is 5.41 Å². The van der Waals surface area contributed by atoms with Crippen molar-refractivity contribution in [3.8, 4) is 0 Å². The van der Waals surface area contributed by atoms with Gasteiger partial charge in [0.1, 0.15) is 0 Å². The van der Waals surface area contributed by atoms with Gasteiger partial charge < -0.3 is 11.1 Å². The van der Waals surface area contributed by atoms with Crippen molar-refractivity contribution in [3.05, 3.63) is 28.6 Å². The molecule has 5 heteroatoms. The van der Waals surface area contributed by atoms with Crippen molar-refractivity contribution in [2.75, 3.05) is 11.1 Å². The van der Waals surface area contributed by atoms with Crippen LogP contribution in [0.5, 0.6) is 0 Å². The largest absolute Gasteiger partial charge is 0.399 e. The molecule has 5 nitrogen and oxygen atoms in total. The molecule has 0 aliphatic rings. The van der Waals surface area contributed by atoms with Crippen LogP contribution in [-0.2, 0) is 0 Å². The zero-order valence-corrected chi connectivity index (χ0v) is 11.7. The third-order valence-corrected chi connectivity index (χ3v) is 3.38. The van der Waals surface area contributed by atoms with Crippen LogP contribution in [0.25, 0.3) is 10.9 Å². The number of nitrogens with zero attached hydrogens (tertiary/aromatic N) is 1. The first-order valence-corrected chi connectivity index (χ1v) is 6.33. The smallest absolute Gasteiger partial charge is 0.260 e. The van der Waals surface area contributed by atoms with Gasteiger partial charge in [-0.2, -0.15) is 0 Å². The van der Waals surface area contributed by atoms with Crippen LogP contribution in [0.4, 0.5) is 11.6 Å². The summed E-state index contributed by atoms with van der Waals surface area (Å²) in [6, 6.07) is 5.32. The van der Waals surface area contributed by atoms with Gasteiger partial charge in [-0.1, -0.05) is 20.8 Å². The van der Waals surface area contributed by atoms with Crippen molar-refractivity contribution in [3.63, 3.8) is 0 Å². The number of H-pyrrole nitrogens is 1. The fourth-order valence-electron chi connectivity index (χ4n) is 1.65. The van der Waals surface area contributed by atoms with E-state index in [1.165, 1.54) is 0 Å². The molecule has 102 valence electrons. The van der Waals surface area contributed by atoms with Crippen molar-refractivity contribution >= 4 is 22.5 Å². The predicted octanol–water partition coefficient (Wildman–Crippen LogP) is 2.35. The molecule has 1 unspecified atom stereocenters. The van der Waals surface area contributed by atoms with E-state index in [4.69, 9.17) is 5.73 Å². The van der Waals surface area contributed by atoms with E-state index in [9.17, 15) is 4.79 Å². The molecule has 0 bridgehead atoms. The molecule has 0 saturated heterocycles. The first-order valence-electron chi connectivity index (χ1n) is 6.33. The van der Waals surface area contributed by atoms with Crippen LogP contribution in [0.2, 0.25) is 0 Å². The zero-order chi connectivity index (χ0) is 14.2. The summed E-state index contributed by atoms with van der Waals surface area (Å²) in [7, 11) is 0. The molecule has 0 spiro atoms. The van der Waals surface area contributed by atoms with Gasteiger partial charge in [0.2, 0.25) is 5.95 Å². The van der Waals surface area contributed by atoms with Gasteiger partial charge in [0.25, 0.3) is 5.56 Å². The van der Waals surface area contributed by atoms with E-state index in [1.807, 2.05) is 0 Å². The molecule has 0 aliphatic carbocycles. The molecule has 1 atom stereocenters. The van der Waals surface area contributed by atoms with Crippen molar-refractivity contribution in [2.24, 2.45) is 5.41 Å². The number of anilines is 2. The average Bonchev–Trinajstić information content (AvgIpc) is 2.29. The Morgan fingerprint density at radius 2 is 2.05 bits per heavy atom. The number of hydrogen-bond acceptors (Lipinski definition) is 4. The summed E-state index contributed by atoms with van der Waals surface area (Å²) in [6.45, 7) is 8.45. The summed E-state index contributed by atoms with van der Waals surface area (Å²) in [5.74, 6) is 0.490. The molecule has 0 radical (unpaired) electrons. The number of benzene rings is 1. The van der Waals surface area contributed by atoms with Gasteiger partial charge in [-0.3, -0.25) is 9.78 Å². The van der Waals surface area contributed by atoms with Gasteiger partial charge in [-0.25, -0.2) is 4.98 Å². The number of nitrogens with one attached hydrogen (secondary N) is 2. The topological polar surface area (TPSA) is 83.8 Å². The Balaban J connectivity index is 2.42. The summed E-state index contributed by atoms with van der Waals surface area (Å²) in [4.78, 5) is 19.1. The van der Waals surface area contributed by atoms with Gasteiger partial charge in [-0.15, -0.1) is 0 Å². The number of rotatable bonds is 2. The third kappa shape index (κ3) is 2.86. The molecular formula is C14H20N4O. The van der Waals surface area contributed by atoms with Gasteiger partial charge in [-0.05, 0) is 30.5 Å². The SMILES string of the molecule is CC(Nc1nc2ccc(N)cc2c(=O)[nH]1)C(C)(C)C. The average molecular weight is 260 g/mol. The third-order valence-electron chi connectivity index (χ3n) is 3.38. The lowest BCUT2D eigenvalue weighted by molar-refractivity contribution is 0.358. The molecule has 0 saturated carbocycles. The van der Waals surface area contributed by atoms with E-state index in [0.29, 0.717) is 22.5 Å². The van der Waals surface area contributed by atoms with Crippen LogP contribution in [-0.4, -0.2) is 16.0 Å². The van der Waals surface area contributed by atoms with Crippen molar-refractivity contribution in [1.82, 2.24) is 9.97 Å². The normalized spacial score (nSPS) is 13.5. The molecule has 2 aromatic rings. The molecule has 0 fully saturated rings. The zero-order valence-electron chi connectivity index (χ0n) is 11.7. The van der Waals surface area contributed by atoms with Gasteiger partial charge in [0, 0.05) is 11.7 Å². The molecule has 2 rings (SSSR count). The second-order valence-corrected chi connectivity index (χ2v) is 5.92. The van der Waals surface area contributed by atoms with Gasteiger partial charge >= 0.3 is 0 Å². The van der Waals surface area contributed by atoms with E-state index in [2.05, 4.69) is 43.0 Å². The van der Waals surface area contributed by atoms with E-state index in [0.717, 1.165) is 0 Å². The Labute approximate surface area is 112 Å².